The van der Waals surface area contributed by atoms with E-state index >= 15 is 0 Å². The minimum absolute atomic E-state index is 0.0279. The Morgan fingerprint density at radius 1 is 1.29 bits per heavy atom. The molecule has 1 aromatic rings. The Bertz CT molecular complexity index is 571. The number of anilines is 1. The van der Waals surface area contributed by atoms with Crippen LogP contribution in [-0.4, -0.2) is 45.9 Å². The normalized spacial score (nSPS) is 21.2. The molecule has 2 rings (SSSR count). The van der Waals surface area contributed by atoms with E-state index in [0.717, 1.165) is 12.8 Å². The van der Waals surface area contributed by atoms with Gasteiger partial charge < -0.3 is 21.1 Å². The van der Waals surface area contributed by atoms with Gasteiger partial charge in [-0.2, -0.15) is 5.10 Å². The fourth-order valence-electron chi connectivity index (χ4n) is 2.54. The second kappa shape index (κ2) is 7.65. The largest absolute Gasteiger partial charge is 0.393 e. The summed E-state index contributed by atoms with van der Waals surface area (Å²) in [6, 6.07) is -0.346. The maximum atomic E-state index is 12.3. The van der Waals surface area contributed by atoms with Crippen LogP contribution in [0.4, 0.5) is 10.5 Å². The number of hydrogen-bond donors (Lipinski definition) is 5. The number of carbonyl (C=O) groups is 2. The van der Waals surface area contributed by atoms with E-state index in [1.807, 2.05) is 20.8 Å². The van der Waals surface area contributed by atoms with E-state index in [9.17, 15) is 14.7 Å². The van der Waals surface area contributed by atoms with Gasteiger partial charge in [0.15, 0.2) is 5.69 Å². The molecule has 0 bridgehead atoms. The maximum Gasteiger partial charge on any atom is 0.319 e. The molecule has 8 heteroatoms. The molecule has 1 aliphatic rings. The molecular formula is C16H27N5O3. The van der Waals surface area contributed by atoms with Gasteiger partial charge in [-0.1, -0.05) is 20.8 Å². The molecule has 0 aromatic carbocycles. The highest BCUT2D eigenvalue weighted by molar-refractivity contribution is 6.01. The number of nitrogens with zero attached hydrogens (tertiary/aromatic N) is 1. The van der Waals surface area contributed by atoms with Crippen LogP contribution in [0.3, 0.4) is 0 Å². The molecule has 0 radical (unpaired) electrons. The number of amides is 3. The van der Waals surface area contributed by atoms with E-state index in [2.05, 4.69) is 26.1 Å². The van der Waals surface area contributed by atoms with Crippen molar-refractivity contribution >= 4 is 17.6 Å². The molecular weight excluding hydrogens is 310 g/mol. The molecule has 1 saturated carbocycles. The molecule has 0 saturated heterocycles. The highest BCUT2D eigenvalue weighted by Gasteiger charge is 2.24. The maximum absolute atomic E-state index is 12.3. The lowest BCUT2D eigenvalue weighted by Gasteiger charge is -2.26. The van der Waals surface area contributed by atoms with Crippen molar-refractivity contribution in [1.82, 2.24) is 20.8 Å². The highest BCUT2D eigenvalue weighted by Crippen LogP contribution is 2.19. The van der Waals surface area contributed by atoms with Crippen LogP contribution in [-0.2, 0) is 0 Å². The molecule has 0 spiro atoms. The SMILES string of the molecule is CC(C)(C)CNC(=O)Nc1c[nH]nc1C(=O)NC1CCC(O)CC1. The Morgan fingerprint density at radius 2 is 1.96 bits per heavy atom. The second-order valence-corrected chi connectivity index (χ2v) is 7.49. The number of aromatic amines is 1. The number of aliphatic hydroxyl groups excluding tert-OH is 1. The number of hydrogen-bond acceptors (Lipinski definition) is 4. The van der Waals surface area contributed by atoms with E-state index in [1.54, 1.807) is 0 Å². The second-order valence-electron chi connectivity index (χ2n) is 7.49. The van der Waals surface area contributed by atoms with Gasteiger partial charge in [0, 0.05) is 18.8 Å². The van der Waals surface area contributed by atoms with Crippen molar-refractivity contribution in [2.24, 2.45) is 5.41 Å². The van der Waals surface area contributed by atoms with Crippen LogP contribution in [0.2, 0.25) is 0 Å². The van der Waals surface area contributed by atoms with Gasteiger partial charge in [-0.05, 0) is 31.1 Å². The third-order valence-corrected chi connectivity index (χ3v) is 3.91. The predicted molar refractivity (Wildman–Crippen MR) is 90.8 cm³/mol. The lowest BCUT2D eigenvalue weighted by Crippen LogP contribution is -2.39. The summed E-state index contributed by atoms with van der Waals surface area (Å²) < 4.78 is 0. The van der Waals surface area contributed by atoms with Gasteiger partial charge in [0.05, 0.1) is 11.8 Å². The summed E-state index contributed by atoms with van der Waals surface area (Å²) in [4.78, 5) is 24.3. The van der Waals surface area contributed by atoms with Crippen LogP contribution < -0.4 is 16.0 Å². The van der Waals surface area contributed by atoms with Gasteiger partial charge in [-0.25, -0.2) is 4.79 Å². The van der Waals surface area contributed by atoms with E-state index in [1.165, 1.54) is 6.20 Å². The minimum Gasteiger partial charge on any atom is -0.393 e. The third-order valence-electron chi connectivity index (χ3n) is 3.91. The van der Waals surface area contributed by atoms with Crippen molar-refractivity contribution in [3.8, 4) is 0 Å². The van der Waals surface area contributed by atoms with Gasteiger partial charge in [-0.15, -0.1) is 0 Å². The average molecular weight is 337 g/mol. The third kappa shape index (κ3) is 5.52. The molecule has 3 amide bonds. The summed E-state index contributed by atoms with van der Waals surface area (Å²) >= 11 is 0. The number of aliphatic hydroxyl groups is 1. The Labute approximate surface area is 141 Å². The molecule has 0 unspecified atom stereocenters. The first-order valence-corrected chi connectivity index (χ1v) is 8.32. The first-order valence-electron chi connectivity index (χ1n) is 8.32. The number of aromatic nitrogens is 2. The zero-order valence-corrected chi connectivity index (χ0v) is 14.5. The molecule has 1 aromatic heterocycles. The molecule has 1 aliphatic carbocycles. The number of rotatable bonds is 4. The first-order chi connectivity index (χ1) is 11.2. The fourth-order valence-corrected chi connectivity index (χ4v) is 2.54. The number of urea groups is 1. The van der Waals surface area contributed by atoms with Crippen LogP contribution in [0.15, 0.2) is 6.20 Å². The van der Waals surface area contributed by atoms with Crippen LogP contribution >= 0.6 is 0 Å². The predicted octanol–water partition coefficient (Wildman–Crippen LogP) is 1.61. The van der Waals surface area contributed by atoms with Gasteiger partial charge in [0.2, 0.25) is 0 Å². The van der Waals surface area contributed by atoms with Crippen molar-refractivity contribution in [3.05, 3.63) is 11.9 Å². The molecule has 134 valence electrons. The molecule has 0 atom stereocenters. The molecule has 0 aliphatic heterocycles. The summed E-state index contributed by atoms with van der Waals surface area (Å²) in [7, 11) is 0. The van der Waals surface area contributed by atoms with Crippen molar-refractivity contribution < 1.29 is 14.7 Å². The summed E-state index contributed by atoms with van der Waals surface area (Å²) in [6.07, 6.45) is 4.07. The summed E-state index contributed by atoms with van der Waals surface area (Å²) in [5, 5.41) is 24.4. The summed E-state index contributed by atoms with van der Waals surface area (Å²) in [5.74, 6) is -0.330. The average Bonchev–Trinajstić information content (AvgIpc) is 2.95. The van der Waals surface area contributed by atoms with Crippen LogP contribution in [0.25, 0.3) is 0 Å². The number of carbonyl (C=O) groups excluding carboxylic acids is 2. The fraction of sp³-hybridized carbons (Fsp3) is 0.688. The minimum atomic E-state index is -0.374. The van der Waals surface area contributed by atoms with E-state index in [0.29, 0.717) is 25.1 Å². The van der Waals surface area contributed by atoms with Crippen LogP contribution in [0.1, 0.15) is 56.9 Å². The Kier molecular flexibility index (Phi) is 5.82. The van der Waals surface area contributed by atoms with Crippen molar-refractivity contribution in [2.45, 2.75) is 58.6 Å². The monoisotopic (exact) mass is 337 g/mol. The lowest BCUT2D eigenvalue weighted by atomic mass is 9.93. The zero-order chi connectivity index (χ0) is 17.7. The van der Waals surface area contributed by atoms with Crippen molar-refractivity contribution in [2.75, 3.05) is 11.9 Å². The van der Waals surface area contributed by atoms with Gasteiger partial charge in [-0.3, -0.25) is 9.89 Å². The van der Waals surface area contributed by atoms with E-state index in [-0.39, 0.29) is 35.2 Å². The summed E-state index contributed by atoms with van der Waals surface area (Å²) in [6.45, 7) is 6.57. The smallest absolute Gasteiger partial charge is 0.319 e. The van der Waals surface area contributed by atoms with Crippen molar-refractivity contribution in [3.63, 3.8) is 0 Å². The quantitative estimate of drug-likeness (QED) is 0.573. The van der Waals surface area contributed by atoms with E-state index in [4.69, 9.17) is 0 Å². The van der Waals surface area contributed by atoms with Crippen LogP contribution in [0.5, 0.6) is 0 Å². The molecule has 24 heavy (non-hydrogen) atoms. The van der Waals surface area contributed by atoms with Gasteiger partial charge in [0.1, 0.15) is 0 Å². The summed E-state index contributed by atoms with van der Waals surface area (Å²) in [5.41, 5.74) is 0.473. The van der Waals surface area contributed by atoms with Gasteiger partial charge in [0.25, 0.3) is 5.91 Å². The number of nitrogens with one attached hydrogen (secondary N) is 4. The molecule has 1 fully saturated rings. The highest BCUT2D eigenvalue weighted by atomic mass is 16.3. The Morgan fingerprint density at radius 3 is 2.58 bits per heavy atom. The van der Waals surface area contributed by atoms with Gasteiger partial charge >= 0.3 is 6.03 Å². The Hall–Kier alpha value is -2.09. The van der Waals surface area contributed by atoms with Crippen LogP contribution in [0, 0.1) is 5.41 Å². The number of H-pyrrole nitrogens is 1. The zero-order valence-electron chi connectivity index (χ0n) is 14.5. The topological polar surface area (TPSA) is 119 Å². The standard InChI is InChI=1S/C16H27N5O3/c1-16(2,3)9-17-15(24)20-12-8-18-21-13(12)14(23)19-10-4-6-11(22)7-5-10/h8,10-11,22H,4-7,9H2,1-3H3,(H,18,21)(H,19,23)(H2,17,20,24). The van der Waals surface area contributed by atoms with E-state index < -0.39 is 0 Å². The molecule has 5 N–H and O–H groups in total. The lowest BCUT2D eigenvalue weighted by molar-refractivity contribution is 0.0864. The Balaban J connectivity index is 1.89. The molecule has 1 heterocycles. The molecule has 8 nitrogen and oxygen atoms in total. The van der Waals surface area contributed by atoms with Crippen molar-refractivity contribution in [1.29, 1.82) is 0 Å². The first kappa shape index (κ1) is 18.3.